The lowest BCUT2D eigenvalue weighted by Crippen LogP contribution is -2.18. The Kier molecular flexibility index (Phi) is 4.68. The number of aryl methyl sites for hydroxylation is 1. The first-order chi connectivity index (χ1) is 8.61. The molecular formula is C14H15Cl2NS. The van der Waals surface area contributed by atoms with Crippen molar-refractivity contribution < 1.29 is 0 Å². The Morgan fingerprint density at radius 1 is 1.28 bits per heavy atom. The zero-order chi connectivity index (χ0) is 13.1. The molecule has 1 atom stereocenters. The van der Waals surface area contributed by atoms with Gasteiger partial charge in [0, 0.05) is 21.0 Å². The summed E-state index contributed by atoms with van der Waals surface area (Å²) in [6.07, 6.45) is 0.869. The maximum Gasteiger partial charge on any atom is 0.0456 e. The highest BCUT2D eigenvalue weighted by molar-refractivity contribution is 7.10. The first-order valence-electron chi connectivity index (χ1n) is 5.77. The van der Waals surface area contributed by atoms with E-state index >= 15 is 0 Å². The molecule has 0 bridgehead atoms. The minimum absolute atomic E-state index is 0.295. The Morgan fingerprint density at radius 2 is 2.06 bits per heavy atom. The second-order valence-corrected chi connectivity index (χ2v) is 6.04. The van der Waals surface area contributed by atoms with Crippen molar-refractivity contribution in [1.82, 2.24) is 5.32 Å². The molecule has 1 heterocycles. The van der Waals surface area contributed by atoms with Crippen LogP contribution in [0, 0.1) is 6.92 Å². The largest absolute Gasteiger partial charge is 0.312 e. The van der Waals surface area contributed by atoms with E-state index in [9.17, 15) is 0 Å². The van der Waals surface area contributed by atoms with Crippen LogP contribution in [0.4, 0.5) is 0 Å². The van der Waals surface area contributed by atoms with Gasteiger partial charge in [-0.25, -0.2) is 0 Å². The molecule has 1 N–H and O–H groups in total. The van der Waals surface area contributed by atoms with Gasteiger partial charge in [0.05, 0.1) is 0 Å². The van der Waals surface area contributed by atoms with Crippen LogP contribution >= 0.6 is 34.5 Å². The number of hydrogen-bond acceptors (Lipinski definition) is 2. The standard InChI is InChI=1S/C14H15Cl2NS/c1-9-5-6-18-14(9)13(17-2)7-10-3-4-11(15)8-12(10)16/h3-6,8,13,17H,7H2,1-2H3. The summed E-state index contributed by atoms with van der Waals surface area (Å²) in [6.45, 7) is 2.14. The quantitative estimate of drug-likeness (QED) is 0.849. The van der Waals surface area contributed by atoms with E-state index in [-0.39, 0.29) is 0 Å². The fourth-order valence-corrected chi connectivity index (χ4v) is 3.50. The van der Waals surface area contributed by atoms with E-state index < -0.39 is 0 Å². The molecule has 0 saturated heterocycles. The molecule has 0 fully saturated rings. The van der Waals surface area contributed by atoms with Gasteiger partial charge >= 0.3 is 0 Å². The summed E-state index contributed by atoms with van der Waals surface area (Å²) in [5.41, 5.74) is 2.44. The Bertz CT molecular complexity index is 536. The van der Waals surface area contributed by atoms with E-state index in [4.69, 9.17) is 23.2 Å². The third kappa shape index (κ3) is 3.07. The molecule has 0 aliphatic carbocycles. The van der Waals surface area contributed by atoms with Gasteiger partial charge in [-0.3, -0.25) is 0 Å². The molecule has 0 saturated carbocycles. The van der Waals surface area contributed by atoms with Crippen LogP contribution in [0.2, 0.25) is 10.0 Å². The normalized spacial score (nSPS) is 12.7. The van der Waals surface area contributed by atoms with Crippen LogP contribution in [0.1, 0.15) is 22.0 Å². The van der Waals surface area contributed by atoms with Gasteiger partial charge in [0.1, 0.15) is 0 Å². The van der Waals surface area contributed by atoms with Gasteiger partial charge in [-0.1, -0.05) is 29.3 Å². The minimum Gasteiger partial charge on any atom is -0.312 e. The first-order valence-corrected chi connectivity index (χ1v) is 7.40. The molecule has 2 rings (SSSR count). The van der Waals surface area contributed by atoms with Crippen LogP contribution in [0.5, 0.6) is 0 Å². The van der Waals surface area contributed by atoms with Gasteiger partial charge in [0.15, 0.2) is 0 Å². The fourth-order valence-electron chi connectivity index (χ4n) is 1.97. The third-order valence-corrected chi connectivity index (χ3v) is 4.73. The summed E-state index contributed by atoms with van der Waals surface area (Å²) < 4.78 is 0. The highest BCUT2D eigenvalue weighted by Crippen LogP contribution is 2.29. The Hall–Kier alpha value is -0.540. The van der Waals surface area contributed by atoms with Crippen molar-refractivity contribution in [3.63, 3.8) is 0 Å². The van der Waals surface area contributed by atoms with Gasteiger partial charge in [-0.05, 0) is 55.1 Å². The molecular weight excluding hydrogens is 285 g/mol. The van der Waals surface area contributed by atoms with Gasteiger partial charge in [-0.15, -0.1) is 11.3 Å². The lowest BCUT2D eigenvalue weighted by molar-refractivity contribution is 0.599. The first kappa shape index (κ1) is 13.9. The summed E-state index contributed by atoms with van der Waals surface area (Å²) in [4.78, 5) is 1.36. The van der Waals surface area contributed by atoms with Crippen molar-refractivity contribution in [2.75, 3.05) is 7.05 Å². The van der Waals surface area contributed by atoms with E-state index in [1.54, 1.807) is 17.4 Å². The van der Waals surface area contributed by atoms with Crippen LogP contribution in [0.25, 0.3) is 0 Å². The smallest absolute Gasteiger partial charge is 0.0456 e. The highest BCUT2D eigenvalue weighted by atomic mass is 35.5. The molecule has 2 aromatic rings. The maximum atomic E-state index is 6.22. The van der Waals surface area contributed by atoms with Crippen molar-refractivity contribution in [3.8, 4) is 0 Å². The molecule has 0 aliphatic heterocycles. The number of rotatable bonds is 4. The summed E-state index contributed by atoms with van der Waals surface area (Å²) in [5.74, 6) is 0. The Balaban J connectivity index is 2.23. The number of hydrogen-bond donors (Lipinski definition) is 1. The molecule has 0 amide bonds. The molecule has 1 aromatic heterocycles. The lowest BCUT2D eigenvalue weighted by Gasteiger charge is -2.17. The van der Waals surface area contributed by atoms with Crippen LogP contribution in [-0.2, 0) is 6.42 Å². The van der Waals surface area contributed by atoms with Crippen molar-refractivity contribution in [1.29, 1.82) is 0 Å². The zero-order valence-corrected chi connectivity index (χ0v) is 12.7. The molecule has 0 radical (unpaired) electrons. The van der Waals surface area contributed by atoms with Gasteiger partial charge in [0.2, 0.25) is 0 Å². The molecule has 1 unspecified atom stereocenters. The second-order valence-electron chi connectivity index (χ2n) is 4.25. The van der Waals surface area contributed by atoms with Crippen molar-refractivity contribution in [2.45, 2.75) is 19.4 Å². The van der Waals surface area contributed by atoms with E-state index in [0.29, 0.717) is 11.1 Å². The molecule has 0 spiro atoms. The monoisotopic (exact) mass is 299 g/mol. The fraction of sp³-hybridized carbons (Fsp3) is 0.286. The topological polar surface area (TPSA) is 12.0 Å². The number of likely N-dealkylation sites (N-methyl/N-ethyl adjacent to an activating group) is 1. The molecule has 0 aliphatic rings. The summed E-state index contributed by atoms with van der Waals surface area (Å²) >= 11 is 13.9. The highest BCUT2D eigenvalue weighted by Gasteiger charge is 2.15. The number of benzene rings is 1. The van der Waals surface area contributed by atoms with E-state index in [0.717, 1.165) is 17.0 Å². The van der Waals surface area contributed by atoms with Crippen molar-refractivity contribution >= 4 is 34.5 Å². The van der Waals surface area contributed by atoms with Gasteiger partial charge in [0.25, 0.3) is 0 Å². The van der Waals surface area contributed by atoms with Gasteiger partial charge in [-0.2, -0.15) is 0 Å². The molecule has 4 heteroatoms. The number of halogens is 2. The molecule has 18 heavy (non-hydrogen) atoms. The van der Waals surface area contributed by atoms with Gasteiger partial charge < -0.3 is 5.32 Å². The van der Waals surface area contributed by atoms with Crippen molar-refractivity contribution in [2.24, 2.45) is 0 Å². The molecule has 1 aromatic carbocycles. The number of thiophene rings is 1. The molecule has 1 nitrogen and oxygen atoms in total. The van der Waals surface area contributed by atoms with Crippen LogP contribution in [0.15, 0.2) is 29.6 Å². The van der Waals surface area contributed by atoms with E-state index in [2.05, 4.69) is 23.7 Å². The number of nitrogens with one attached hydrogen (secondary N) is 1. The average Bonchev–Trinajstić information content (AvgIpc) is 2.75. The predicted octanol–water partition coefficient (Wildman–Crippen LogP) is 4.87. The third-order valence-electron chi connectivity index (χ3n) is 3.01. The second kappa shape index (κ2) is 6.07. The van der Waals surface area contributed by atoms with E-state index in [1.165, 1.54) is 10.4 Å². The summed E-state index contributed by atoms with van der Waals surface area (Å²) in [7, 11) is 1.98. The Labute approximate surface area is 122 Å². The average molecular weight is 300 g/mol. The summed E-state index contributed by atoms with van der Waals surface area (Å²) in [5, 5.41) is 6.89. The van der Waals surface area contributed by atoms with Crippen LogP contribution < -0.4 is 5.32 Å². The maximum absolute atomic E-state index is 6.22. The SMILES string of the molecule is CNC(Cc1ccc(Cl)cc1Cl)c1sccc1C. The minimum atomic E-state index is 0.295. The predicted molar refractivity (Wildman–Crippen MR) is 81.0 cm³/mol. The van der Waals surface area contributed by atoms with Crippen molar-refractivity contribution in [3.05, 3.63) is 55.7 Å². The zero-order valence-electron chi connectivity index (χ0n) is 10.3. The lowest BCUT2D eigenvalue weighted by atomic mass is 10.0. The van der Waals surface area contributed by atoms with E-state index in [1.807, 2.05) is 19.2 Å². The van der Waals surface area contributed by atoms with Crippen LogP contribution in [-0.4, -0.2) is 7.05 Å². The Morgan fingerprint density at radius 3 is 2.61 bits per heavy atom. The molecule has 96 valence electrons. The van der Waals surface area contributed by atoms with Crippen LogP contribution in [0.3, 0.4) is 0 Å². The summed E-state index contributed by atoms with van der Waals surface area (Å²) in [6, 6.07) is 8.12.